The van der Waals surface area contributed by atoms with E-state index >= 15 is 0 Å². The molecule has 1 fully saturated rings. The minimum atomic E-state index is -0.644. The Morgan fingerprint density at radius 3 is 2.67 bits per heavy atom. The van der Waals surface area contributed by atoms with Gasteiger partial charge < -0.3 is 14.8 Å². The summed E-state index contributed by atoms with van der Waals surface area (Å²) in [5, 5.41) is 10.7. The van der Waals surface area contributed by atoms with Crippen LogP contribution in [0.4, 0.5) is 0 Å². The van der Waals surface area contributed by atoms with Gasteiger partial charge in [-0.3, -0.25) is 4.79 Å². The van der Waals surface area contributed by atoms with Gasteiger partial charge in [0.05, 0.1) is 0 Å². The van der Waals surface area contributed by atoms with Crippen LogP contribution in [0.5, 0.6) is 5.88 Å². The minimum Gasteiger partial charge on any atom is -0.493 e. The van der Waals surface area contributed by atoms with E-state index in [1.807, 2.05) is 6.92 Å². The predicted octanol–water partition coefficient (Wildman–Crippen LogP) is 2.82. The Labute approximate surface area is 126 Å². The zero-order valence-corrected chi connectivity index (χ0v) is 12.3. The predicted molar refractivity (Wildman–Crippen MR) is 79.5 cm³/mol. The first-order chi connectivity index (χ1) is 9.99. The maximum absolute atomic E-state index is 12.3. The SMILES string of the molecule is CC1(c2nc(O)c(-c3ccc(Cl)cc3)c(=O)[nH]2)CCCO1. The summed E-state index contributed by atoms with van der Waals surface area (Å²) in [5.41, 5.74) is -0.335. The maximum atomic E-state index is 12.3. The molecule has 0 bridgehead atoms. The van der Waals surface area contributed by atoms with Gasteiger partial charge in [0, 0.05) is 11.6 Å². The second kappa shape index (κ2) is 5.16. The van der Waals surface area contributed by atoms with Crippen LogP contribution in [0, 0.1) is 0 Å². The number of aromatic hydroxyl groups is 1. The normalized spacial score (nSPS) is 21.6. The number of nitrogens with zero attached hydrogens (tertiary/aromatic N) is 1. The number of H-pyrrole nitrogens is 1. The molecule has 2 N–H and O–H groups in total. The summed E-state index contributed by atoms with van der Waals surface area (Å²) in [6.45, 7) is 2.49. The van der Waals surface area contributed by atoms with Gasteiger partial charge in [0.25, 0.3) is 5.56 Å². The molecule has 1 aromatic carbocycles. The van der Waals surface area contributed by atoms with Gasteiger partial charge in [-0.1, -0.05) is 23.7 Å². The van der Waals surface area contributed by atoms with Crippen LogP contribution in [0.25, 0.3) is 11.1 Å². The van der Waals surface area contributed by atoms with Crippen LogP contribution >= 0.6 is 11.6 Å². The van der Waals surface area contributed by atoms with Crippen LogP contribution in [0.15, 0.2) is 29.1 Å². The molecule has 110 valence electrons. The van der Waals surface area contributed by atoms with Gasteiger partial charge in [-0.2, -0.15) is 4.98 Å². The minimum absolute atomic E-state index is 0.136. The molecule has 0 amide bonds. The standard InChI is InChI=1S/C15H15ClN2O3/c1-15(7-2-8-21-15)14-17-12(19)11(13(20)18-14)9-3-5-10(16)6-4-9/h3-6H,2,7-8H2,1H3,(H2,17,18,19,20). The van der Waals surface area contributed by atoms with E-state index in [0.717, 1.165) is 12.8 Å². The zero-order valence-electron chi connectivity index (χ0n) is 11.5. The Balaban J connectivity index is 2.08. The third-order valence-electron chi connectivity index (χ3n) is 3.75. The van der Waals surface area contributed by atoms with Gasteiger partial charge in [-0.05, 0) is 37.5 Å². The van der Waals surface area contributed by atoms with Gasteiger partial charge in [0.2, 0.25) is 5.88 Å². The first kappa shape index (κ1) is 14.1. The highest BCUT2D eigenvalue weighted by molar-refractivity contribution is 6.30. The largest absolute Gasteiger partial charge is 0.493 e. The molecule has 1 saturated heterocycles. The Morgan fingerprint density at radius 1 is 1.38 bits per heavy atom. The van der Waals surface area contributed by atoms with E-state index in [9.17, 15) is 9.90 Å². The first-order valence-corrected chi connectivity index (χ1v) is 7.11. The quantitative estimate of drug-likeness (QED) is 0.894. The summed E-state index contributed by atoms with van der Waals surface area (Å²) in [6, 6.07) is 6.65. The number of hydrogen-bond donors (Lipinski definition) is 2. The molecule has 5 nitrogen and oxygen atoms in total. The molecule has 1 unspecified atom stereocenters. The third kappa shape index (κ3) is 2.54. The summed E-state index contributed by atoms with van der Waals surface area (Å²) < 4.78 is 5.64. The van der Waals surface area contributed by atoms with Crippen LogP contribution in [0.2, 0.25) is 5.02 Å². The smallest absolute Gasteiger partial charge is 0.262 e. The van der Waals surface area contributed by atoms with Gasteiger partial charge in [-0.25, -0.2) is 0 Å². The first-order valence-electron chi connectivity index (χ1n) is 6.73. The molecule has 2 aromatic rings. The summed E-state index contributed by atoms with van der Waals surface area (Å²) in [6.07, 6.45) is 1.66. The Bertz CT molecular complexity index is 719. The third-order valence-corrected chi connectivity index (χ3v) is 4.00. The lowest BCUT2D eigenvalue weighted by molar-refractivity contribution is 0.00871. The number of nitrogens with one attached hydrogen (secondary N) is 1. The fraction of sp³-hybridized carbons (Fsp3) is 0.333. The van der Waals surface area contributed by atoms with Gasteiger partial charge in [0.1, 0.15) is 17.0 Å². The molecule has 1 aliphatic heterocycles. The monoisotopic (exact) mass is 306 g/mol. The van der Waals surface area contributed by atoms with Gasteiger partial charge in [0.15, 0.2) is 0 Å². The van der Waals surface area contributed by atoms with Crippen molar-refractivity contribution in [2.75, 3.05) is 6.61 Å². The van der Waals surface area contributed by atoms with Crippen LogP contribution in [-0.2, 0) is 10.3 Å². The summed E-state index contributed by atoms with van der Waals surface area (Å²) in [7, 11) is 0. The number of rotatable bonds is 2. The van der Waals surface area contributed by atoms with Crippen molar-refractivity contribution in [2.24, 2.45) is 0 Å². The lowest BCUT2D eigenvalue weighted by atomic mass is 10.0. The van der Waals surface area contributed by atoms with Gasteiger partial charge >= 0.3 is 0 Å². The van der Waals surface area contributed by atoms with Crippen molar-refractivity contribution >= 4 is 11.6 Å². The molecule has 2 heterocycles. The van der Waals surface area contributed by atoms with Crippen LogP contribution in [0.3, 0.4) is 0 Å². The molecule has 1 aliphatic rings. The van der Waals surface area contributed by atoms with E-state index in [4.69, 9.17) is 16.3 Å². The molecule has 1 atom stereocenters. The topological polar surface area (TPSA) is 75.2 Å². The van der Waals surface area contributed by atoms with Crippen LogP contribution in [-0.4, -0.2) is 21.7 Å². The van der Waals surface area contributed by atoms with E-state index in [0.29, 0.717) is 23.0 Å². The van der Waals surface area contributed by atoms with Crippen LogP contribution in [0.1, 0.15) is 25.6 Å². The van der Waals surface area contributed by atoms with Crippen molar-refractivity contribution in [2.45, 2.75) is 25.4 Å². The van der Waals surface area contributed by atoms with E-state index in [1.165, 1.54) is 0 Å². The average Bonchev–Trinajstić information content (AvgIpc) is 2.88. The highest BCUT2D eigenvalue weighted by Gasteiger charge is 2.35. The van der Waals surface area contributed by atoms with Crippen molar-refractivity contribution in [1.29, 1.82) is 0 Å². The molecular formula is C15H15ClN2O3. The molecule has 0 aliphatic carbocycles. The molecular weight excluding hydrogens is 292 g/mol. The van der Waals surface area contributed by atoms with E-state index in [2.05, 4.69) is 9.97 Å². The molecule has 0 radical (unpaired) electrons. The fourth-order valence-electron chi connectivity index (χ4n) is 2.55. The number of hydrogen-bond acceptors (Lipinski definition) is 4. The number of aromatic nitrogens is 2. The zero-order chi connectivity index (χ0) is 15.0. The van der Waals surface area contributed by atoms with E-state index < -0.39 is 11.2 Å². The lowest BCUT2D eigenvalue weighted by Gasteiger charge is -2.22. The van der Waals surface area contributed by atoms with Crippen molar-refractivity contribution in [1.82, 2.24) is 9.97 Å². The van der Waals surface area contributed by atoms with Crippen molar-refractivity contribution < 1.29 is 9.84 Å². The summed E-state index contributed by atoms with van der Waals surface area (Å²) in [4.78, 5) is 19.2. The number of halogens is 1. The fourth-order valence-corrected chi connectivity index (χ4v) is 2.68. The molecule has 0 saturated carbocycles. The average molecular weight is 307 g/mol. The lowest BCUT2D eigenvalue weighted by Crippen LogP contribution is -2.27. The molecule has 3 rings (SSSR count). The highest BCUT2D eigenvalue weighted by Crippen LogP contribution is 2.34. The summed E-state index contributed by atoms with van der Waals surface area (Å²) >= 11 is 5.83. The highest BCUT2D eigenvalue weighted by atomic mass is 35.5. The van der Waals surface area contributed by atoms with Crippen molar-refractivity contribution in [3.8, 4) is 17.0 Å². The second-order valence-corrected chi connectivity index (χ2v) is 5.74. The number of aromatic amines is 1. The van der Waals surface area contributed by atoms with Gasteiger partial charge in [-0.15, -0.1) is 0 Å². The number of benzene rings is 1. The van der Waals surface area contributed by atoms with E-state index in [1.54, 1.807) is 24.3 Å². The van der Waals surface area contributed by atoms with Crippen molar-refractivity contribution in [3.05, 3.63) is 45.5 Å². The van der Waals surface area contributed by atoms with E-state index in [-0.39, 0.29) is 11.4 Å². The second-order valence-electron chi connectivity index (χ2n) is 5.30. The number of ether oxygens (including phenoxy) is 1. The Hall–Kier alpha value is -1.85. The Kier molecular flexibility index (Phi) is 3.47. The Morgan fingerprint density at radius 2 is 2.10 bits per heavy atom. The molecule has 6 heteroatoms. The molecule has 1 aromatic heterocycles. The molecule has 21 heavy (non-hydrogen) atoms. The van der Waals surface area contributed by atoms with Crippen molar-refractivity contribution in [3.63, 3.8) is 0 Å². The maximum Gasteiger partial charge on any atom is 0.262 e. The van der Waals surface area contributed by atoms with Crippen LogP contribution < -0.4 is 5.56 Å². The summed E-state index contributed by atoms with van der Waals surface area (Å²) in [5.74, 6) is 0.0630. The molecule has 0 spiro atoms.